The average molecular weight is 390 g/mol. The number of carbonyl (C=O) groups excluding carboxylic acids is 1. The number of aromatic nitrogens is 2. The van der Waals surface area contributed by atoms with Gasteiger partial charge in [-0.3, -0.25) is 4.79 Å². The standard InChI is InChI=1S/C19H26N4O5/c1-12-21-14(11-17(22-12)20-7-6-8-25-2)19(24)23-13-9-15(26-3)18(28-5)16(10-13)27-4/h9-11H,6-8H2,1-5H3,(H,23,24)(H,20,21,22). The second-order valence-electron chi connectivity index (χ2n) is 5.83. The number of aryl methyl sites for hydroxylation is 1. The predicted molar refractivity (Wildman–Crippen MR) is 106 cm³/mol. The minimum absolute atomic E-state index is 0.246. The van der Waals surface area contributed by atoms with E-state index in [1.807, 2.05) is 0 Å². The van der Waals surface area contributed by atoms with Gasteiger partial charge in [0.2, 0.25) is 5.75 Å². The zero-order valence-electron chi connectivity index (χ0n) is 16.8. The number of hydrogen-bond acceptors (Lipinski definition) is 8. The van der Waals surface area contributed by atoms with Crippen molar-refractivity contribution >= 4 is 17.4 Å². The van der Waals surface area contributed by atoms with Gasteiger partial charge in [-0.2, -0.15) is 0 Å². The van der Waals surface area contributed by atoms with Gasteiger partial charge in [0.05, 0.1) is 21.3 Å². The molecule has 1 amide bonds. The van der Waals surface area contributed by atoms with Crippen LogP contribution in [0.1, 0.15) is 22.7 Å². The summed E-state index contributed by atoms with van der Waals surface area (Å²) in [5, 5.41) is 5.96. The van der Waals surface area contributed by atoms with E-state index < -0.39 is 0 Å². The van der Waals surface area contributed by atoms with Crippen LogP contribution in [0.2, 0.25) is 0 Å². The lowest BCUT2D eigenvalue weighted by atomic mass is 10.2. The number of methoxy groups -OCH3 is 4. The van der Waals surface area contributed by atoms with E-state index in [0.717, 1.165) is 6.42 Å². The van der Waals surface area contributed by atoms with E-state index in [1.165, 1.54) is 21.3 Å². The van der Waals surface area contributed by atoms with Crippen LogP contribution >= 0.6 is 0 Å². The Hall–Kier alpha value is -3.07. The van der Waals surface area contributed by atoms with E-state index in [4.69, 9.17) is 18.9 Å². The second kappa shape index (κ2) is 10.3. The zero-order chi connectivity index (χ0) is 20.5. The number of rotatable bonds is 10. The molecule has 0 aliphatic heterocycles. The minimum atomic E-state index is -0.375. The highest BCUT2D eigenvalue weighted by molar-refractivity contribution is 6.03. The van der Waals surface area contributed by atoms with Crippen LogP contribution in [0.15, 0.2) is 18.2 Å². The SMILES string of the molecule is COCCCNc1cc(C(=O)Nc2cc(OC)c(OC)c(OC)c2)nc(C)n1. The Morgan fingerprint density at radius 3 is 2.25 bits per heavy atom. The van der Waals surface area contributed by atoms with Gasteiger partial charge in [-0.05, 0) is 13.3 Å². The molecule has 0 atom stereocenters. The summed E-state index contributed by atoms with van der Waals surface area (Å²) in [5.41, 5.74) is 0.737. The van der Waals surface area contributed by atoms with Crippen LogP contribution in [0.25, 0.3) is 0 Å². The van der Waals surface area contributed by atoms with Crippen LogP contribution in [0.4, 0.5) is 11.5 Å². The molecule has 2 N–H and O–H groups in total. The van der Waals surface area contributed by atoms with E-state index in [9.17, 15) is 4.79 Å². The lowest BCUT2D eigenvalue weighted by Gasteiger charge is -2.14. The number of benzene rings is 1. The Morgan fingerprint density at radius 2 is 1.68 bits per heavy atom. The van der Waals surface area contributed by atoms with Gasteiger partial charge in [-0.1, -0.05) is 0 Å². The first-order chi connectivity index (χ1) is 13.5. The van der Waals surface area contributed by atoms with E-state index in [1.54, 1.807) is 32.2 Å². The molecule has 0 saturated carbocycles. The summed E-state index contributed by atoms with van der Waals surface area (Å²) in [4.78, 5) is 21.2. The van der Waals surface area contributed by atoms with Crippen molar-refractivity contribution in [2.45, 2.75) is 13.3 Å². The van der Waals surface area contributed by atoms with Crippen LogP contribution in [0.3, 0.4) is 0 Å². The molecule has 1 aromatic carbocycles. The molecule has 0 unspecified atom stereocenters. The highest BCUT2D eigenvalue weighted by Crippen LogP contribution is 2.40. The predicted octanol–water partition coefficient (Wildman–Crippen LogP) is 2.51. The molecule has 2 rings (SSSR count). The number of nitrogens with zero attached hydrogens (tertiary/aromatic N) is 2. The summed E-state index contributed by atoms with van der Waals surface area (Å²) in [7, 11) is 6.19. The Labute approximate surface area is 164 Å². The number of amides is 1. The molecule has 9 heteroatoms. The fourth-order valence-electron chi connectivity index (χ4n) is 2.56. The molecule has 0 radical (unpaired) electrons. The molecule has 0 fully saturated rings. The van der Waals surface area contributed by atoms with Crippen molar-refractivity contribution in [2.24, 2.45) is 0 Å². The number of carbonyl (C=O) groups is 1. The number of hydrogen-bond donors (Lipinski definition) is 2. The molecule has 152 valence electrons. The molecule has 0 bridgehead atoms. The van der Waals surface area contributed by atoms with Crippen LogP contribution in [-0.2, 0) is 4.74 Å². The normalized spacial score (nSPS) is 10.3. The maximum atomic E-state index is 12.7. The van der Waals surface area contributed by atoms with E-state index in [-0.39, 0.29) is 11.6 Å². The van der Waals surface area contributed by atoms with Crippen LogP contribution in [-0.4, -0.2) is 57.5 Å². The summed E-state index contributed by atoms with van der Waals surface area (Å²) in [6.07, 6.45) is 0.826. The van der Waals surface area contributed by atoms with Gasteiger partial charge in [-0.25, -0.2) is 9.97 Å². The third kappa shape index (κ3) is 5.46. The molecular formula is C19H26N4O5. The van der Waals surface area contributed by atoms with Crippen molar-refractivity contribution in [1.82, 2.24) is 9.97 Å². The molecule has 9 nitrogen and oxygen atoms in total. The van der Waals surface area contributed by atoms with Crippen molar-refractivity contribution in [2.75, 3.05) is 52.2 Å². The Kier molecular flexibility index (Phi) is 7.82. The first-order valence-corrected chi connectivity index (χ1v) is 8.72. The van der Waals surface area contributed by atoms with Gasteiger partial charge < -0.3 is 29.6 Å². The molecule has 1 heterocycles. The van der Waals surface area contributed by atoms with Gasteiger partial charge in [0.15, 0.2) is 11.5 Å². The fourth-order valence-corrected chi connectivity index (χ4v) is 2.56. The molecule has 28 heavy (non-hydrogen) atoms. The van der Waals surface area contributed by atoms with Gasteiger partial charge in [0.25, 0.3) is 5.91 Å². The number of ether oxygens (including phenoxy) is 4. The van der Waals surface area contributed by atoms with E-state index >= 15 is 0 Å². The average Bonchev–Trinajstić information content (AvgIpc) is 2.69. The van der Waals surface area contributed by atoms with Crippen LogP contribution in [0, 0.1) is 6.92 Å². The lowest BCUT2D eigenvalue weighted by Crippen LogP contribution is -2.16. The molecule has 1 aromatic heterocycles. The lowest BCUT2D eigenvalue weighted by molar-refractivity contribution is 0.102. The summed E-state index contributed by atoms with van der Waals surface area (Å²) < 4.78 is 20.9. The summed E-state index contributed by atoms with van der Waals surface area (Å²) in [6, 6.07) is 4.90. The number of anilines is 2. The van der Waals surface area contributed by atoms with Gasteiger partial charge in [0, 0.05) is 44.1 Å². The quantitative estimate of drug-likeness (QED) is 0.597. The van der Waals surface area contributed by atoms with Crippen molar-refractivity contribution in [1.29, 1.82) is 0 Å². The van der Waals surface area contributed by atoms with Crippen molar-refractivity contribution in [3.05, 3.63) is 29.7 Å². The molecule has 0 aliphatic carbocycles. The van der Waals surface area contributed by atoms with Crippen molar-refractivity contribution in [3.63, 3.8) is 0 Å². The van der Waals surface area contributed by atoms with Crippen molar-refractivity contribution in [3.8, 4) is 17.2 Å². The first-order valence-electron chi connectivity index (χ1n) is 8.72. The second-order valence-corrected chi connectivity index (χ2v) is 5.83. The topological polar surface area (TPSA) is 104 Å². The van der Waals surface area contributed by atoms with E-state index in [2.05, 4.69) is 20.6 Å². The highest BCUT2D eigenvalue weighted by atomic mass is 16.5. The zero-order valence-corrected chi connectivity index (χ0v) is 16.8. The smallest absolute Gasteiger partial charge is 0.274 e. The molecule has 0 spiro atoms. The summed E-state index contributed by atoms with van der Waals surface area (Å²) in [5.74, 6) is 2.03. The minimum Gasteiger partial charge on any atom is -0.493 e. The summed E-state index contributed by atoms with van der Waals surface area (Å²) >= 11 is 0. The maximum Gasteiger partial charge on any atom is 0.274 e. The Bertz CT molecular complexity index is 788. The van der Waals surface area contributed by atoms with Crippen molar-refractivity contribution < 1.29 is 23.7 Å². The Morgan fingerprint density at radius 1 is 1.00 bits per heavy atom. The maximum absolute atomic E-state index is 12.7. The monoisotopic (exact) mass is 390 g/mol. The fraction of sp³-hybridized carbons (Fsp3) is 0.421. The largest absolute Gasteiger partial charge is 0.493 e. The van der Waals surface area contributed by atoms with Crippen LogP contribution in [0.5, 0.6) is 17.2 Å². The first kappa shape index (κ1) is 21.2. The van der Waals surface area contributed by atoms with Crippen LogP contribution < -0.4 is 24.8 Å². The van der Waals surface area contributed by atoms with Gasteiger partial charge in [-0.15, -0.1) is 0 Å². The Balaban J connectivity index is 2.19. The molecule has 0 aliphatic rings. The third-order valence-electron chi connectivity index (χ3n) is 3.82. The molecule has 0 saturated heterocycles. The summed E-state index contributed by atoms with van der Waals surface area (Å²) in [6.45, 7) is 3.06. The van der Waals surface area contributed by atoms with Gasteiger partial charge >= 0.3 is 0 Å². The third-order valence-corrected chi connectivity index (χ3v) is 3.82. The highest BCUT2D eigenvalue weighted by Gasteiger charge is 2.16. The van der Waals surface area contributed by atoms with E-state index in [0.29, 0.717) is 47.7 Å². The number of nitrogens with one attached hydrogen (secondary N) is 2. The molecule has 2 aromatic rings. The molecular weight excluding hydrogens is 364 g/mol. The van der Waals surface area contributed by atoms with Gasteiger partial charge in [0.1, 0.15) is 17.3 Å².